The van der Waals surface area contributed by atoms with Gasteiger partial charge in [-0.1, -0.05) is 0 Å². The molecule has 0 atom stereocenters. The lowest BCUT2D eigenvalue weighted by atomic mass is 10.1. The third-order valence-electron chi connectivity index (χ3n) is 4.95. The third-order valence-corrected chi connectivity index (χ3v) is 4.95. The van der Waals surface area contributed by atoms with Gasteiger partial charge in [-0.25, -0.2) is 13.8 Å². The number of anilines is 1. The summed E-state index contributed by atoms with van der Waals surface area (Å²) in [5, 5.41) is 4.07. The van der Waals surface area contributed by atoms with Gasteiger partial charge >= 0.3 is 0 Å². The molecule has 4 rings (SSSR count). The number of fused-ring (bicyclic) bond motifs is 1. The zero-order chi connectivity index (χ0) is 20.4. The molecule has 0 radical (unpaired) electrons. The van der Waals surface area contributed by atoms with E-state index in [2.05, 4.69) is 10.3 Å². The second kappa shape index (κ2) is 9.40. The molecule has 1 fully saturated rings. The van der Waals surface area contributed by atoms with Crippen molar-refractivity contribution in [2.45, 2.75) is 32.4 Å². The largest absolute Gasteiger partial charge is 0.448 e. The van der Waals surface area contributed by atoms with E-state index in [-0.39, 0.29) is 29.9 Å². The van der Waals surface area contributed by atoms with Crippen molar-refractivity contribution in [3.63, 3.8) is 0 Å². The Labute approximate surface area is 178 Å². The minimum atomic E-state index is -0.873. The highest BCUT2D eigenvalue weighted by atomic mass is 35.5. The molecule has 0 bridgehead atoms. The van der Waals surface area contributed by atoms with E-state index in [0.717, 1.165) is 25.0 Å². The molecule has 1 N–H and O–H groups in total. The quantitative estimate of drug-likeness (QED) is 0.636. The molecule has 0 spiro atoms. The van der Waals surface area contributed by atoms with E-state index in [4.69, 9.17) is 9.47 Å². The van der Waals surface area contributed by atoms with Crippen molar-refractivity contribution in [2.24, 2.45) is 0 Å². The van der Waals surface area contributed by atoms with E-state index in [0.29, 0.717) is 42.5 Å². The molecule has 1 aliphatic rings. The number of halogens is 3. The summed E-state index contributed by atoms with van der Waals surface area (Å²) in [5.74, 6) is -1.16. The van der Waals surface area contributed by atoms with Gasteiger partial charge in [0.1, 0.15) is 11.6 Å². The zero-order valence-electron chi connectivity index (χ0n) is 16.4. The van der Waals surface area contributed by atoms with Gasteiger partial charge in [-0.15, -0.1) is 12.4 Å². The fraction of sp³-hybridized carbons (Fsp3) is 0.333. The molecule has 1 aromatic carbocycles. The fourth-order valence-corrected chi connectivity index (χ4v) is 3.44. The number of aromatic nitrogens is 2. The molecule has 1 aliphatic heterocycles. The van der Waals surface area contributed by atoms with Gasteiger partial charge < -0.3 is 19.4 Å². The predicted molar refractivity (Wildman–Crippen MR) is 113 cm³/mol. The Morgan fingerprint density at radius 3 is 2.67 bits per heavy atom. The van der Waals surface area contributed by atoms with Crippen LogP contribution in [-0.4, -0.2) is 28.8 Å². The smallest absolute Gasteiger partial charge is 0.294 e. The summed E-state index contributed by atoms with van der Waals surface area (Å²) in [6, 6.07) is 6.58. The molecule has 0 saturated carbocycles. The van der Waals surface area contributed by atoms with Crippen molar-refractivity contribution < 1.29 is 18.3 Å². The predicted octanol–water partition coefficient (Wildman–Crippen LogP) is 4.50. The summed E-state index contributed by atoms with van der Waals surface area (Å²) in [6.07, 6.45) is 3.45. The molecule has 2 aromatic heterocycles. The van der Waals surface area contributed by atoms with Crippen molar-refractivity contribution in [2.75, 3.05) is 18.5 Å². The van der Waals surface area contributed by atoms with E-state index in [9.17, 15) is 13.6 Å². The van der Waals surface area contributed by atoms with Gasteiger partial charge in [0.15, 0.2) is 17.3 Å². The van der Waals surface area contributed by atoms with Gasteiger partial charge in [0, 0.05) is 49.5 Å². The monoisotopic (exact) mass is 437 g/mol. The average Bonchev–Trinajstić information content (AvgIpc) is 2.71. The molecular weight excluding hydrogens is 416 g/mol. The number of aryl methyl sites for hydroxylation is 1. The van der Waals surface area contributed by atoms with Crippen LogP contribution in [0.1, 0.15) is 19.8 Å². The van der Waals surface area contributed by atoms with Gasteiger partial charge in [-0.3, -0.25) is 4.79 Å². The lowest BCUT2D eigenvalue weighted by Crippen LogP contribution is -2.28. The van der Waals surface area contributed by atoms with Crippen LogP contribution in [0.4, 0.5) is 14.6 Å². The van der Waals surface area contributed by atoms with Crippen LogP contribution in [0.3, 0.4) is 0 Å². The van der Waals surface area contributed by atoms with E-state index >= 15 is 0 Å². The van der Waals surface area contributed by atoms with Crippen molar-refractivity contribution in [1.29, 1.82) is 0 Å². The number of nitrogens with one attached hydrogen (secondary N) is 1. The molecule has 3 aromatic rings. The number of nitrogens with zero attached hydrogens (tertiary/aromatic N) is 2. The number of ether oxygens (including phenoxy) is 2. The zero-order valence-corrected chi connectivity index (χ0v) is 17.2. The van der Waals surface area contributed by atoms with Crippen molar-refractivity contribution in [3.05, 3.63) is 58.5 Å². The summed E-state index contributed by atoms with van der Waals surface area (Å²) >= 11 is 0. The summed E-state index contributed by atoms with van der Waals surface area (Å²) in [4.78, 5) is 17.3. The first-order valence-corrected chi connectivity index (χ1v) is 9.56. The molecule has 1 saturated heterocycles. The molecule has 9 heteroatoms. The van der Waals surface area contributed by atoms with Gasteiger partial charge in [0.25, 0.3) is 5.56 Å². The first-order valence-electron chi connectivity index (χ1n) is 9.56. The molecule has 0 aliphatic carbocycles. The molecule has 30 heavy (non-hydrogen) atoms. The highest BCUT2D eigenvalue weighted by Gasteiger charge is 2.16. The molecule has 0 unspecified atom stereocenters. The van der Waals surface area contributed by atoms with Crippen LogP contribution in [0.25, 0.3) is 10.9 Å². The maximum atomic E-state index is 13.9. The maximum Gasteiger partial charge on any atom is 0.294 e. The molecular formula is C21H22ClF2N3O3. The highest BCUT2D eigenvalue weighted by Crippen LogP contribution is 2.26. The normalized spacial score (nSPS) is 14.4. The number of benzene rings is 1. The van der Waals surface area contributed by atoms with Crippen LogP contribution < -0.4 is 15.6 Å². The van der Waals surface area contributed by atoms with Gasteiger partial charge in [-0.2, -0.15) is 0 Å². The minimum Gasteiger partial charge on any atom is -0.448 e. The Hall–Kier alpha value is -2.71. The standard InChI is InChI=1S/C21H21F2N3O3.ClH/c1-2-26-17-11-20(25-15-5-7-28-8-6-15)24-12-13(17)9-19(21(26)27)29-18-4-3-14(22)10-16(18)23;/h3-4,9-12,15H,2,5-8H2,1H3,(H,24,25);1H. The summed E-state index contributed by atoms with van der Waals surface area (Å²) in [7, 11) is 0. The molecule has 0 amide bonds. The Kier molecular flexibility index (Phi) is 6.89. The number of rotatable bonds is 5. The lowest BCUT2D eigenvalue weighted by Gasteiger charge is -2.23. The Morgan fingerprint density at radius 1 is 1.20 bits per heavy atom. The van der Waals surface area contributed by atoms with Crippen molar-refractivity contribution >= 4 is 29.1 Å². The topological polar surface area (TPSA) is 65.4 Å². The average molecular weight is 438 g/mol. The van der Waals surface area contributed by atoms with Crippen LogP contribution >= 0.6 is 12.4 Å². The second-order valence-corrected chi connectivity index (χ2v) is 6.89. The minimum absolute atomic E-state index is 0. The van der Waals surface area contributed by atoms with Crippen molar-refractivity contribution in [1.82, 2.24) is 9.55 Å². The third kappa shape index (κ3) is 4.55. The van der Waals surface area contributed by atoms with Gasteiger partial charge in [0.2, 0.25) is 0 Å². The van der Waals surface area contributed by atoms with Crippen LogP contribution in [-0.2, 0) is 11.3 Å². The highest BCUT2D eigenvalue weighted by molar-refractivity contribution is 5.85. The number of pyridine rings is 2. The summed E-state index contributed by atoms with van der Waals surface area (Å²) in [5.41, 5.74) is 0.306. The first-order chi connectivity index (χ1) is 14.0. The summed E-state index contributed by atoms with van der Waals surface area (Å²) < 4.78 is 39.4. The van der Waals surface area contributed by atoms with E-state index in [1.54, 1.807) is 10.8 Å². The van der Waals surface area contributed by atoms with Crippen LogP contribution in [0, 0.1) is 11.6 Å². The van der Waals surface area contributed by atoms with Crippen LogP contribution in [0.5, 0.6) is 11.5 Å². The maximum absolute atomic E-state index is 13.9. The number of hydrogen-bond acceptors (Lipinski definition) is 5. The van der Waals surface area contributed by atoms with Gasteiger partial charge in [0.05, 0.1) is 5.52 Å². The Bertz CT molecular complexity index is 1100. The Morgan fingerprint density at radius 2 is 1.97 bits per heavy atom. The molecule has 6 nitrogen and oxygen atoms in total. The molecule has 3 heterocycles. The summed E-state index contributed by atoms with van der Waals surface area (Å²) in [6.45, 7) is 3.67. The van der Waals surface area contributed by atoms with Crippen molar-refractivity contribution in [3.8, 4) is 11.5 Å². The second-order valence-electron chi connectivity index (χ2n) is 6.89. The lowest BCUT2D eigenvalue weighted by molar-refractivity contribution is 0.0904. The SMILES string of the molecule is CCn1c(=O)c(Oc2ccc(F)cc2F)cc2cnc(NC3CCOCC3)cc21.Cl. The molecule has 160 valence electrons. The van der Waals surface area contributed by atoms with Crippen LogP contribution in [0.2, 0.25) is 0 Å². The van der Waals surface area contributed by atoms with Gasteiger partial charge in [-0.05, 0) is 38.0 Å². The first kappa shape index (κ1) is 22.0. The van der Waals surface area contributed by atoms with E-state index < -0.39 is 17.2 Å². The fourth-order valence-electron chi connectivity index (χ4n) is 3.44. The number of hydrogen-bond donors (Lipinski definition) is 1. The van der Waals surface area contributed by atoms with E-state index in [1.165, 1.54) is 6.07 Å². The van der Waals surface area contributed by atoms with Crippen LogP contribution in [0.15, 0.2) is 41.3 Å². The van der Waals surface area contributed by atoms with E-state index in [1.807, 2.05) is 13.0 Å². The Balaban J connectivity index is 0.00000256.